The van der Waals surface area contributed by atoms with Crippen LogP contribution in [0.25, 0.3) is 0 Å². The number of para-hydroxylation sites is 1. The molecule has 3 aliphatic rings. The summed E-state index contributed by atoms with van der Waals surface area (Å²) >= 11 is 0. The molecule has 0 bridgehead atoms. The molecule has 1 aromatic carbocycles. The molecule has 2 N–H and O–H groups in total. The van der Waals surface area contributed by atoms with Crippen molar-refractivity contribution in [2.75, 3.05) is 52.9 Å². The number of guanidine groups is 1. The minimum absolute atomic E-state index is 0. The van der Waals surface area contributed by atoms with Crippen LogP contribution in [0.3, 0.4) is 0 Å². The third kappa shape index (κ3) is 5.97. The molecule has 2 heterocycles. The number of nitrogens with one attached hydrogen (secondary N) is 2. The molecule has 0 spiro atoms. The fourth-order valence-electron chi connectivity index (χ4n) is 4.00. The zero-order valence-corrected chi connectivity index (χ0v) is 19.4. The van der Waals surface area contributed by atoms with E-state index in [1.807, 2.05) is 13.1 Å². The topological polar surface area (TPSA) is 69.2 Å². The molecule has 0 aromatic heterocycles. The van der Waals surface area contributed by atoms with Gasteiger partial charge in [0.1, 0.15) is 5.75 Å². The molecule has 2 aliphatic heterocycles. The molecule has 2 fully saturated rings. The lowest BCUT2D eigenvalue weighted by Gasteiger charge is -2.36. The Balaban J connectivity index is 0.00000240. The summed E-state index contributed by atoms with van der Waals surface area (Å²) in [6.07, 6.45) is 3.29. The highest BCUT2D eigenvalue weighted by molar-refractivity contribution is 14.0. The zero-order valence-electron chi connectivity index (χ0n) is 17.1. The van der Waals surface area contributed by atoms with Gasteiger partial charge in [-0.05, 0) is 30.9 Å². The molecule has 1 aromatic rings. The van der Waals surface area contributed by atoms with Gasteiger partial charge in [-0.1, -0.05) is 18.2 Å². The Labute approximate surface area is 190 Å². The molecule has 1 saturated heterocycles. The number of rotatable bonds is 5. The smallest absolute Gasteiger partial charge is 0.234 e. The van der Waals surface area contributed by atoms with Crippen LogP contribution < -0.4 is 15.4 Å². The summed E-state index contributed by atoms with van der Waals surface area (Å²) in [5, 5.41) is 6.63. The molecule has 1 aliphatic carbocycles. The Bertz CT molecular complexity index is 717. The Morgan fingerprint density at radius 3 is 2.66 bits per heavy atom. The number of hydrogen-bond acceptors (Lipinski definition) is 4. The van der Waals surface area contributed by atoms with Gasteiger partial charge in [-0.2, -0.15) is 0 Å². The van der Waals surface area contributed by atoms with Crippen LogP contribution in [0.2, 0.25) is 0 Å². The van der Waals surface area contributed by atoms with Gasteiger partial charge in [0, 0.05) is 51.7 Å². The van der Waals surface area contributed by atoms with Crippen molar-refractivity contribution in [3.63, 3.8) is 0 Å². The van der Waals surface area contributed by atoms with E-state index in [1.54, 1.807) is 0 Å². The van der Waals surface area contributed by atoms with E-state index in [9.17, 15) is 4.79 Å². The Hall–Kier alpha value is -1.55. The first-order chi connectivity index (χ1) is 13.7. The highest BCUT2D eigenvalue weighted by Gasteiger charge is 2.26. The number of piperazine rings is 1. The number of hydrogen-bond donors (Lipinski definition) is 2. The maximum atomic E-state index is 12.0. The van der Waals surface area contributed by atoms with Crippen molar-refractivity contribution in [2.45, 2.75) is 31.2 Å². The largest absolute Gasteiger partial charge is 0.493 e. The van der Waals surface area contributed by atoms with E-state index in [2.05, 4.69) is 43.6 Å². The van der Waals surface area contributed by atoms with Gasteiger partial charge in [0.15, 0.2) is 5.96 Å². The van der Waals surface area contributed by atoms with Crippen LogP contribution in [-0.4, -0.2) is 80.6 Å². The van der Waals surface area contributed by atoms with Crippen LogP contribution in [0.15, 0.2) is 29.3 Å². The number of carbonyl (C=O) groups is 1. The van der Waals surface area contributed by atoms with E-state index in [4.69, 9.17) is 4.74 Å². The molecular formula is C21H32IN5O2. The standard InChI is InChI=1S/C21H31N5O2.HI/c1-22-21(23-14-16-8-13-28-19-5-3-2-4-18(16)19)26-11-9-25(10-12-26)15-20(27)24-17-6-7-17;/h2-5,16-17H,6-15H2,1H3,(H,22,23)(H,24,27);1H. The highest BCUT2D eigenvalue weighted by Crippen LogP contribution is 2.32. The van der Waals surface area contributed by atoms with Crippen LogP contribution in [0, 0.1) is 0 Å². The minimum Gasteiger partial charge on any atom is -0.493 e. The molecule has 4 rings (SSSR count). The van der Waals surface area contributed by atoms with E-state index >= 15 is 0 Å². The first-order valence-electron chi connectivity index (χ1n) is 10.4. The second-order valence-electron chi connectivity index (χ2n) is 7.90. The van der Waals surface area contributed by atoms with Crippen molar-refractivity contribution < 1.29 is 9.53 Å². The lowest BCUT2D eigenvalue weighted by atomic mass is 9.93. The average molecular weight is 513 g/mol. The second kappa shape index (κ2) is 10.5. The first-order valence-corrected chi connectivity index (χ1v) is 10.4. The quantitative estimate of drug-likeness (QED) is 0.356. The van der Waals surface area contributed by atoms with Crippen LogP contribution in [0.1, 0.15) is 30.7 Å². The summed E-state index contributed by atoms with van der Waals surface area (Å²) in [5.41, 5.74) is 1.28. The number of aliphatic imine (C=N–C) groups is 1. The van der Waals surface area contributed by atoms with Gasteiger partial charge in [0.2, 0.25) is 5.91 Å². The summed E-state index contributed by atoms with van der Waals surface area (Å²) in [6, 6.07) is 8.75. The van der Waals surface area contributed by atoms with Gasteiger partial charge in [0.25, 0.3) is 0 Å². The predicted octanol–water partition coefficient (Wildman–Crippen LogP) is 1.64. The van der Waals surface area contributed by atoms with Crippen molar-refractivity contribution in [3.05, 3.63) is 29.8 Å². The van der Waals surface area contributed by atoms with Crippen LogP contribution in [0.5, 0.6) is 5.75 Å². The lowest BCUT2D eigenvalue weighted by molar-refractivity contribution is -0.122. The van der Waals surface area contributed by atoms with E-state index in [0.717, 1.165) is 70.3 Å². The number of benzene rings is 1. The molecule has 160 valence electrons. The molecule has 1 unspecified atom stereocenters. The Kier molecular flexibility index (Phi) is 7.99. The van der Waals surface area contributed by atoms with Crippen molar-refractivity contribution in [1.82, 2.24) is 20.4 Å². The van der Waals surface area contributed by atoms with Crippen LogP contribution in [-0.2, 0) is 4.79 Å². The summed E-state index contributed by atoms with van der Waals surface area (Å²) in [5.74, 6) is 2.56. The van der Waals surface area contributed by atoms with Crippen molar-refractivity contribution in [1.29, 1.82) is 0 Å². The summed E-state index contributed by atoms with van der Waals surface area (Å²) < 4.78 is 5.77. The molecule has 7 nitrogen and oxygen atoms in total. The van der Waals surface area contributed by atoms with Gasteiger partial charge in [-0.15, -0.1) is 24.0 Å². The predicted molar refractivity (Wildman–Crippen MR) is 125 cm³/mol. The summed E-state index contributed by atoms with van der Waals surface area (Å²) in [7, 11) is 1.84. The van der Waals surface area contributed by atoms with Gasteiger partial charge in [0.05, 0.1) is 13.2 Å². The lowest BCUT2D eigenvalue weighted by Crippen LogP contribution is -2.54. The molecule has 0 radical (unpaired) electrons. The van der Waals surface area contributed by atoms with Crippen molar-refractivity contribution >= 4 is 35.8 Å². The Morgan fingerprint density at radius 1 is 1.17 bits per heavy atom. The van der Waals surface area contributed by atoms with Crippen molar-refractivity contribution in [3.8, 4) is 5.75 Å². The minimum atomic E-state index is 0. The highest BCUT2D eigenvalue weighted by atomic mass is 127. The summed E-state index contributed by atoms with van der Waals surface area (Å²) in [4.78, 5) is 21.0. The van der Waals surface area contributed by atoms with E-state index < -0.39 is 0 Å². The number of fused-ring (bicyclic) bond motifs is 1. The maximum Gasteiger partial charge on any atom is 0.234 e. The fourth-order valence-corrected chi connectivity index (χ4v) is 4.00. The second-order valence-corrected chi connectivity index (χ2v) is 7.90. The number of carbonyl (C=O) groups excluding carboxylic acids is 1. The summed E-state index contributed by atoms with van der Waals surface area (Å²) in [6.45, 7) is 5.69. The molecule has 1 amide bonds. The van der Waals surface area contributed by atoms with Crippen LogP contribution >= 0.6 is 24.0 Å². The average Bonchev–Trinajstić information content (AvgIpc) is 3.53. The molecule has 29 heavy (non-hydrogen) atoms. The normalized spacial score (nSPS) is 22.2. The van der Waals surface area contributed by atoms with E-state index in [0.29, 0.717) is 18.5 Å². The monoisotopic (exact) mass is 513 g/mol. The molecule has 1 atom stereocenters. The van der Waals surface area contributed by atoms with Gasteiger partial charge in [-0.3, -0.25) is 14.7 Å². The molecule has 8 heteroatoms. The van der Waals surface area contributed by atoms with Crippen molar-refractivity contribution in [2.24, 2.45) is 4.99 Å². The third-order valence-corrected chi connectivity index (χ3v) is 5.78. The van der Waals surface area contributed by atoms with E-state index in [-0.39, 0.29) is 29.9 Å². The number of halogens is 1. The fraction of sp³-hybridized carbons (Fsp3) is 0.619. The SMILES string of the molecule is CN=C(NCC1CCOc2ccccc21)N1CCN(CC(=O)NC2CC2)CC1.I. The van der Waals surface area contributed by atoms with Gasteiger partial charge < -0.3 is 20.3 Å². The zero-order chi connectivity index (χ0) is 19.3. The number of ether oxygens (including phenoxy) is 1. The van der Waals surface area contributed by atoms with Gasteiger partial charge >= 0.3 is 0 Å². The number of amides is 1. The Morgan fingerprint density at radius 2 is 1.93 bits per heavy atom. The molecule has 1 saturated carbocycles. The maximum absolute atomic E-state index is 12.0. The molecular weight excluding hydrogens is 481 g/mol. The van der Waals surface area contributed by atoms with E-state index in [1.165, 1.54) is 5.56 Å². The number of nitrogens with zero attached hydrogens (tertiary/aromatic N) is 3. The third-order valence-electron chi connectivity index (χ3n) is 5.78. The first kappa shape index (κ1) is 22.1. The van der Waals surface area contributed by atoms with Crippen LogP contribution in [0.4, 0.5) is 0 Å². The van der Waals surface area contributed by atoms with Gasteiger partial charge in [-0.25, -0.2) is 0 Å².